The Kier molecular flexibility index (Phi) is 7.13. The fraction of sp³-hybridized carbons (Fsp3) is 0.500. The summed E-state index contributed by atoms with van der Waals surface area (Å²) >= 11 is 0. The van der Waals surface area contributed by atoms with E-state index in [9.17, 15) is 9.36 Å². The fourth-order valence-corrected chi connectivity index (χ4v) is 0.502. The Labute approximate surface area is 95.9 Å². The van der Waals surface area contributed by atoms with Crippen LogP contribution in [0.5, 0.6) is 0 Å². The maximum absolute atomic E-state index is 9.74. The summed E-state index contributed by atoms with van der Waals surface area (Å²) in [5.74, 6) is -0.988. The first-order chi connectivity index (χ1) is 3.42. The molecule has 0 aliphatic rings. The molecule has 0 radical (unpaired) electrons. The summed E-state index contributed by atoms with van der Waals surface area (Å²) in [6, 6.07) is 0. The van der Waals surface area contributed by atoms with Crippen molar-refractivity contribution < 1.29 is 76.5 Å². The fourth-order valence-electron chi connectivity index (χ4n) is 0.167. The van der Waals surface area contributed by atoms with Crippen molar-refractivity contribution in [2.24, 2.45) is 0 Å². The van der Waals surface area contributed by atoms with Gasteiger partial charge in [0, 0.05) is 6.92 Å². The van der Waals surface area contributed by atoms with E-state index >= 15 is 0 Å². The molecule has 9 heavy (non-hydrogen) atoms. The number of phosphoric acid groups is 1. The SMILES string of the molecule is CC(=O)OP(=O)(O)O.[H-].[K+]. The van der Waals surface area contributed by atoms with E-state index in [-0.39, 0.29) is 52.8 Å². The van der Waals surface area contributed by atoms with Gasteiger partial charge in [-0.3, -0.25) is 14.6 Å². The van der Waals surface area contributed by atoms with Crippen LogP contribution < -0.4 is 51.4 Å². The van der Waals surface area contributed by atoms with E-state index in [0.29, 0.717) is 0 Å². The molecule has 0 unspecified atom stereocenters. The Morgan fingerprint density at radius 2 is 2.00 bits per heavy atom. The predicted octanol–water partition coefficient (Wildman–Crippen LogP) is -3.24. The summed E-state index contributed by atoms with van der Waals surface area (Å²) in [4.78, 5) is 25.5. The molecule has 0 aliphatic heterocycles. The summed E-state index contributed by atoms with van der Waals surface area (Å²) in [6.45, 7) is 0.916. The van der Waals surface area contributed by atoms with E-state index in [4.69, 9.17) is 9.79 Å². The largest absolute Gasteiger partial charge is 1.00 e. The van der Waals surface area contributed by atoms with Gasteiger partial charge >= 0.3 is 65.2 Å². The number of carbonyl (C=O) groups is 1. The third kappa shape index (κ3) is 12.5. The second kappa shape index (κ2) is 4.98. The van der Waals surface area contributed by atoms with E-state index in [2.05, 4.69) is 4.52 Å². The van der Waals surface area contributed by atoms with Crippen molar-refractivity contribution in [3.63, 3.8) is 0 Å². The Morgan fingerprint density at radius 3 is 2.00 bits per heavy atom. The zero-order valence-electron chi connectivity index (χ0n) is 6.07. The van der Waals surface area contributed by atoms with Gasteiger partial charge in [-0.15, -0.1) is 0 Å². The Morgan fingerprint density at radius 1 is 1.67 bits per heavy atom. The normalized spacial score (nSPS) is 9.67. The molecular weight excluding hydrogens is 174 g/mol. The number of rotatable bonds is 1. The van der Waals surface area contributed by atoms with Gasteiger partial charge in [0.2, 0.25) is 0 Å². The first-order valence-electron chi connectivity index (χ1n) is 1.67. The van der Waals surface area contributed by atoms with Crippen molar-refractivity contribution in [1.82, 2.24) is 0 Å². The van der Waals surface area contributed by atoms with Gasteiger partial charge in [0.15, 0.2) is 0 Å². The number of carbonyl (C=O) groups excluding carboxylic acids is 1. The third-order valence-electron chi connectivity index (χ3n) is 0.247. The minimum Gasteiger partial charge on any atom is -1.00 e. The predicted molar refractivity (Wildman–Crippen MR) is 24.9 cm³/mol. The van der Waals surface area contributed by atoms with Crippen LogP contribution in [0.25, 0.3) is 0 Å². The van der Waals surface area contributed by atoms with Gasteiger partial charge in [0.1, 0.15) is 0 Å². The van der Waals surface area contributed by atoms with Crippen molar-refractivity contribution in [3.8, 4) is 0 Å². The Bertz CT molecular complexity index is 143. The van der Waals surface area contributed by atoms with Gasteiger partial charge in [-0.05, 0) is 0 Å². The van der Waals surface area contributed by atoms with Gasteiger partial charge < -0.3 is 5.95 Å². The van der Waals surface area contributed by atoms with Gasteiger partial charge in [-0.2, -0.15) is 0 Å². The summed E-state index contributed by atoms with van der Waals surface area (Å²) in [5, 5.41) is 0. The molecule has 0 fully saturated rings. The molecule has 0 bridgehead atoms. The van der Waals surface area contributed by atoms with Crippen LogP contribution in [-0.4, -0.2) is 15.8 Å². The zero-order chi connectivity index (χ0) is 6.78. The van der Waals surface area contributed by atoms with Crippen molar-refractivity contribution in [3.05, 3.63) is 0 Å². The molecule has 0 saturated heterocycles. The van der Waals surface area contributed by atoms with Crippen molar-refractivity contribution >= 4 is 13.8 Å². The molecule has 50 valence electrons. The Balaban J connectivity index is -0.000000245. The van der Waals surface area contributed by atoms with Crippen LogP contribution in [-0.2, 0) is 13.9 Å². The van der Waals surface area contributed by atoms with Crippen LogP contribution in [0.3, 0.4) is 0 Å². The van der Waals surface area contributed by atoms with Crippen molar-refractivity contribution in [2.45, 2.75) is 6.92 Å². The van der Waals surface area contributed by atoms with Crippen molar-refractivity contribution in [1.29, 1.82) is 0 Å². The summed E-state index contributed by atoms with van der Waals surface area (Å²) in [7, 11) is -4.57. The van der Waals surface area contributed by atoms with Gasteiger partial charge in [-0.1, -0.05) is 0 Å². The molecule has 0 aromatic heterocycles. The summed E-state index contributed by atoms with van der Waals surface area (Å²) < 4.78 is 13.2. The Hall–Kier alpha value is 1.26. The van der Waals surface area contributed by atoms with Crippen LogP contribution in [0.2, 0.25) is 0 Å². The summed E-state index contributed by atoms with van der Waals surface area (Å²) in [6.07, 6.45) is 0. The van der Waals surface area contributed by atoms with E-state index < -0.39 is 13.8 Å². The second-order valence-electron chi connectivity index (χ2n) is 1.07. The molecular formula is C2H6KO5P. The van der Waals surface area contributed by atoms with Gasteiger partial charge in [-0.25, -0.2) is 4.57 Å². The summed E-state index contributed by atoms with van der Waals surface area (Å²) in [5.41, 5.74) is 0. The first-order valence-corrected chi connectivity index (χ1v) is 3.20. The molecule has 2 N–H and O–H groups in total. The molecule has 0 amide bonds. The number of hydrogen-bond donors (Lipinski definition) is 2. The maximum Gasteiger partial charge on any atom is 1.00 e. The van der Waals surface area contributed by atoms with E-state index in [1.807, 2.05) is 0 Å². The average Bonchev–Trinajstić information content (AvgIpc) is 1.21. The molecule has 0 saturated carbocycles. The topological polar surface area (TPSA) is 83.8 Å². The average molecular weight is 180 g/mol. The quantitative estimate of drug-likeness (QED) is 0.327. The van der Waals surface area contributed by atoms with Gasteiger partial charge in [0.05, 0.1) is 0 Å². The standard InChI is InChI=1S/C2H5O5P.K.H/c1-2(3)7-8(4,5)6;;/h1H3,(H2,4,5,6);;/q;+1;-1. The molecule has 0 aromatic carbocycles. The minimum absolute atomic E-state index is 0. The van der Waals surface area contributed by atoms with E-state index in [1.165, 1.54) is 0 Å². The van der Waals surface area contributed by atoms with Crippen molar-refractivity contribution in [2.75, 3.05) is 0 Å². The molecule has 0 aliphatic carbocycles. The van der Waals surface area contributed by atoms with E-state index in [0.717, 1.165) is 6.92 Å². The van der Waals surface area contributed by atoms with Crippen LogP contribution in [0.4, 0.5) is 0 Å². The molecule has 7 heteroatoms. The van der Waals surface area contributed by atoms with Crippen LogP contribution in [0.1, 0.15) is 8.35 Å². The van der Waals surface area contributed by atoms with Crippen LogP contribution in [0.15, 0.2) is 0 Å². The molecule has 0 aromatic rings. The monoisotopic (exact) mass is 180 g/mol. The molecule has 0 atom stereocenters. The first kappa shape index (κ1) is 12.9. The zero-order valence-corrected chi connectivity index (χ0v) is 9.08. The maximum atomic E-state index is 9.74. The molecule has 0 heterocycles. The molecule has 5 nitrogen and oxygen atoms in total. The molecule has 0 spiro atoms. The van der Waals surface area contributed by atoms with Gasteiger partial charge in [0.25, 0.3) is 0 Å². The minimum atomic E-state index is -4.57. The smallest absolute Gasteiger partial charge is 1.00 e. The number of hydrogen-bond acceptors (Lipinski definition) is 3. The van der Waals surface area contributed by atoms with E-state index in [1.54, 1.807) is 0 Å². The van der Waals surface area contributed by atoms with Crippen LogP contribution in [0, 0.1) is 0 Å². The number of phosphoric ester groups is 1. The third-order valence-corrected chi connectivity index (χ3v) is 0.742. The molecule has 0 rings (SSSR count). The second-order valence-corrected chi connectivity index (χ2v) is 2.24. The van der Waals surface area contributed by atoms with Crippen LogP contribution >= 0.6 is 7.82 Å².